The molecule has 2 aromatic rings. The molecule has 0 saturated carbocycles. The molecule has 0 spiro atoms. The number of benzene rings is 1. The lowest BCUT2D eigenvalue weighted by Gasteiger charge is -2.12. The third-order valence-electron chi connectivity index (χ3n) is 3.62. The molecule has 1 aromatic heterocycles. The summed E-state index contributed by atoms with van der Waals surface area (Å²) in [5.74, 6) is -1.29. The Labute approximate surface area is 154 Å². The molecule has 1 aliphatic heterocycles. The standard InChI is InChI=1S/C18H16N2O5S/c1-12-4-6-13(7-5-12)26-16-14(3-2-8-19-16)17(22)25-11-15(21)20-9-10-24-18(20)23/h2-8H,9-11H2,1H3. The molecule has 26 heavy (non-hydrogen) atoms. The smallest absolute Gasteiger partial charge is 0.416 e. The van der Waals surface area contributed by atoms with Gasteiger partial charge in [0, 0.05) is 11.1 Å². The molecular weight excluding hydrogens is 356 g/mol. The molecule has 0 unspecified atom stereocenters. The molecule has 0 radical (unpaired) electrons. The molecule has 7 nitrogen and oxygen atoms in total. The van der Waals surface area contributed by atoms with Crippen molar-refractivity contribution in [3.8, 4) is 0 Å². The van der Waals surface area contributed by atoms with Gasteiger partial charge in [0.15, 0.2) is 6.61 Å². The van der Waals surface area contributed by atoms with E-state index in [0.29, 0.717) is 5.03 Å². The van der Waals surface area contributed by atoms with Gasteiger partial charge in [0.05, 0.1) is 12.1 Å². The molecular formula is C18H16N2O5S. The number of hydrogen-bond acceptors (Lipinski definition) is 7. The largest absolute Gasteiger partial charge is 0.452 e. The van der Waals surface area contributed by atoms with Crippen molar-refractivity contribution in [2.75, 3.05) is 19.8 Å². The highest BCUT2D eigenvalue weighted by molar-refractivity contribution is 7.99. The number of carbonyl (C=O) groups is 3. The second-order valence-corrected chi connectivity index (χ2v) is 6.57. The van der Waals surface area contributed by atoms with Gasteiger partial charge < -0.3 is 9.47 Å². The third kappa shape index (κ3) is 4.20. The number of imide groups is 1. The average Bonchev–Trinajstić information content (AvgIpc) is 3.08. The van der Waals surface area contributed by atoms with Crippen LogP contribution in [0.3, 0.4) is 0 Å². The second-order valence-electron chi connectivity index (χ2n) is 5.51. The van der Waals surface area contributed by atoms with E-state index in [0.717, 1.165) is 15.4 Å². The summed E-state index contributed by atoms with van der Waals surface area (Å²) in [6, 6.07) is 11.0. The van der Waals surface area contributed by atoms with Crippen molar-refractivity contribution in [2.45, 2.75) is 16.8 Å². The number of rotatable bonds is 5. The predicted octanol–water partition coefficient (Wildman–Crippen LogP) is 2.68. The van der Waals surface area contributed by atoms with E-state index in [4.69, 9.17) is 4.74 Å². The van der Waals surface area contributed by atoms with Gasteiger partial charge in [-0.3, -0.25) is 4.79 Å². The van der Waals surface area contributed by atoms with Crippen LogP contribution in [0, 0.1) is 6.92 Å². The second kappa shape index (κ2) is 8.01. The van der Waals surface area contributed by atoms with Gasteiger partial charge in [-0.1, -0.05) is 29.5 Å². The Bertz CT molecular complexity index is 838. The molecule has 8 heteroatoms. The molecule has 1 saturated heterocycles. The minimum Gasteiger partial charge on any atom is -0.452 e. The summed E-state index contributed by atoms with van der Waals surface area (Å²) in [4.78, 5) is 41.7. The molecule has 2 amide bonds. The number of hydrogen-bond donors (Lipinski definition) is 0. The lowest BCUT2D eigenvalue weighted by molar-refractivity contribution is -0.131. The van der Waals surface area contributed by atoms with Crippen molar-refractivity contribution in [2.24, 2.45) is 0 Å². The number of ether oxygens (including phenoxy) is 2. The van der Waals surface area contributed by atoms with Crippen LogP contribution in [0.1, 0.15) is 15.9 Å². The fraction of sp³-hybridized carbons (Fsp3) is 0.222. The first kappa shape index (κ1) is 17.9. The van der Waals surface area contributed by atoms with E-state index in [1.165, 1.54) is 11.8 Å². The van der Waals surface area contributed by atoms with Crippen molar-refractivity contribution >= 4 is 29.7 Å². The van der Waals surface area contributed by atoms with Crippen molar-refractivity contribution in [3.63, 3.8) is 0 Å². The highest BCUT2D eigenvalue weighted by atomic mass is 32.2. The maximum absolute atomic E-state index is 12.3. The summed E-state index contributed by atoms with van der Waals surface area (Å²) in [5, 5.41) is 0.481. The molecule has 0 atom stereocenters. The van der Waals surface area contributed by atoms with Crippen LogP contribution in [-0.2, 0) is 14.3 Å². The summed E-state index contributed by atoms with van der Waals surface area (Å²) in [6.45, 7) is 1.78. The maximum Gasteiger partial charge on any atom is 0.416 e. The van der Waals surface area contributed by atoms with Crippen LogP contribution in [-0.4, -0.2) is 47.6 Å². The summed E-state index contributed by atoms with van der Waals surface area (Å²) >= 11 is 1.33. The van der Waals surface area contributed by atoms with Crippen LogP contribution in [0.5, 0.6) is 0 Å². The van der Waals surface area contributed by atoms with E-state index >= 15 is 0 Å². The lowest BCUT2D eigenvalue weighted by atomic mass is 10.2. The molecule has 0 bridgehead atoms. The van der Waals surface area contributed by atoms with Crippen molar-refractivity contribution < 1.29 is 23.9 Å². The Hall–Kier alpha value is -2.87. The Morgan fingerprint density at radius 1 is 1.27 bits per heavy atom. The minimum atomic E-state index is -0.719. The minimum absolute atomic E-state index is 0.151. The summed E-state index contributed by atoms with van der Waals surface area (Å²) in [7, 11) is 0. The van der Waals surface area contributed by atoms with Crippen LogP contribution in [0.15, 0.2) is 52.5 Å². The van der Waals surface area contributed by atoms with E-state index in [2.05, 4.69) is 9.72 Å². The fourth-order valence-electron chi connectivity index (χ4n) is 2.25. The predicted molar refractivity (Wildman–Crippen MR) is 92.9 cm³/mol. The van der Waals surface area contributed by atoms with Crippen LogP contribution in [0.25, 0.3) is 0 Å². The summed E-state index contributed by atoms with van der Waals surface area (Å²) in [6.07, 6.45) is 0.863. The van der Waals surface area contributed by atoms with Gasteiger partial charge >= 0.3 is 12.1 Å². The zero-order valence-electron chi connectivity index (χ0n) is 14.0. The first-order valence-corrected chi connectivity index (χ1v) is 8.70. The van der Waals surface area contributed by atoms with E-state index < -0.39 is 24.6 Å². The van der Waals surface area contributed by atoms with Gasteiger partial charge in [-0.2, -0.15) is 0 Å². The number of nitrogens with zero attached hydrogens (tertiary/aromatic N) is 2. The van der Waals surface area contributed by atoms with Gasteiger partial charge in [0.25, 0.3) is 5.91 Å². The number of amides is 2. The van der Waals surface area contributed by atoms with Crippen molar-refractivity contribution in [1.29, 1.82) is 0 Å². The molecule has 0 aliphatic carbocycles. The molecule has 134 valence electrons. The topological polar surface area (TPSA) is 85.8 Å². The quantitative estimate of drug-likeness (QED) is 0.746. The summed E-state index contributed by atoms with van der Waals surface area (Å²) in [5.41, 5.74) is 1.39. The van der Waals surface area contributed by atoms with Crippen LogP contribution in [0.2, 0.25) is 0 Å². The molecule has 1 aromatic carbocycles. The SMILES string of the molecule is Cc1ccc(Sc2ncccc2C(=O)OCC(=O)N2CCOC2=O)cc1. The first-order valence-electron chi connectivity index (χ1n) is 7.88. The summed E-state index contributed by atoms with van der Waals surface area (Å²) < 4.78 is 9.74. The van der Waals surface area contributed by atoms with Gasteiger partial charge in [0.2, 0.25) is 0 Å². The monoisotopic (exact) mass is 372 g/mol. The normalized spacial score (nSPS) is 13.4. The van der Waals surface area contributed by atoms with E-state index in [-0.39, 0.29) is 18.7 Å². The van der Waals surface area contributed by atoms with Gasteiger partial charge in [-0.15, -0.1) is 0 Å². The van der Waals surface area contributed by atoms with Crippen molar-refractivity contribution in [1.82, 2.24) is 9.88 Å². The highest BCUT2D eigenvalue weighted by Crippen LogP contribution is 2.29. The molecule has 1 fully saturated rings. The number of pyridine rings is 1. The average molecular weight is 372 g/mol. The van der Waals surface area contributed by atoms with E-state index in [1.807, 2.05) is 31.2 Å². The van der Waals surface area contributed by atoms with E-state index in [1.54, 1.807) is 18.3 Å². The Kier molecular flexibility index (Phi) is 5.52. The number of esters is 1. The molecule has 0 N–H and O–H groups in total. The zero-order chi connectivity index (χ0) is 18.5. The number of aromatic nitrogens is 1. The number of cyclic esters (lactones) is 1. The fourth-order valence-corrected chi connectivity index (χ4v) is 3.12. The van der Waals surface area contributed by atoms with E-state index in [9.17, 15) is 14.4 Å². The number of carbonyl (C=O) groups excluding carboxylic acids is 3. The zero-order valence-corrected chi connectivity index (χ0v) is 14.8. The third-order valence-corrected chi connectivity index (χ3v) is 4.64. The van der Waals surface area contributed by atoms with Crippen LogP contribution in [0.4, 0.5) is 4.79 Å². The van der Waals surface area contributed by atoms with Gasteiger partial charge in [-0.25, -0.2) is 19.5 Å². The van der Waals surface area contributed by atoms with Gasteiger partial charge in [0.1, 0.15) is 11.6 Å². The van der Waals surface area contributed by atoms with Crippen LogP contribution >= 0.6 is 11.8 Å². The lowest BCUT2D eigenvalue weighted by Crippen LogP contribution is -2.35. The molecule has 1 aliphatic rings. The first-order chi connectivity index (χ1) is 12.5. The Morgan fingerprint density at radius 2 is 2.04 bits per heavy atom. The van der Waals surface area contributed by atoms with Gasteiger partial charge in [-0.05, 0) is 31.2 Å². The molecule has 3 rings (SSSR count). The molecule has 2 heterocycles. The highest BCUT2D eigenvalue weighted by Gasteiger charge is 2.29. The Morgan fingerprint density at radius 3 is 2.73 bits per heavy atom. The maximum atomic E-state index is 12.3. The Balaban J connectivity index is 1.66. The van der Waals surface area contributed by atoms with Crippen LogP contribution < -0.4 is 0 Å². The van der Waals surface area contributed by atoms with Crippen molar-refractivity contribution in [3.05, 3.63) is 53.7 Å². The number of aryl methyl sites for hydroxylation is 1.